The lowest BCUT2D eigenvalue weighted by Crippen LogP contribution is -2.13. The second-order valence-electron chi connectivity index (χ2n) is 4.12. The van der Waals surface area contributed by atoms with Crippen molar-refractivity contribution in [1.29, 1.82) is 0 Å². The third-order valence-corrected chi connectivity index (χ3v) is 2.35. The molecule has 0 fully saturated rings. The molecule has 0 spiro atoms. The molecular formula is C12H27NO. The smallest absolute Gasteiger partial charge is 0.0684 e. The Morgan fingerprint density at radius 1 is 0.786 bits per heavy atom. The number of rotatable bonds is 10. The minimum atomic E-state index is 0.877. The van der Waals surface area contributed by atoms with Crippen LogP contribution in [0.15, 0.2) is 0 Å². The Hall–Kier alpha value is -0.0800. The summed E-state index contributed by atoms with van der Waals surface area (Å²) in [6.45, 7) is 3.14. The van der Waals surface area contributed by atoms with Crippen LogP contribution < -0.4 is 0 Å². The van der Waals surface area contributed by atoms with Gasteiger partial charge in [-0.05, 0) is 6.42 Å². The topological polar surface area (TPSA) is 12.5 Å². The Labute approximate surface area is 89.6 Å². The normalized spacial score (nSPS) is 11.1. The summed E-state index contributed by atoms with van der Waals surface area (Å²) in [4.78, 5) is 5.32. The zero-order valence-electron chi connectivity index (χ0n) is 10.2. The first-order valence-electron chi connectivity index (χ1n) is 6.07. The van der Waals surface area contributed by atoms with Gasteiger partial charge in [-0.25, -0.2) is 0 Å². The minimum Gasteiger partial charge on any atom is -0.300 e. The molecule has 0 rings (SSSR count). The molecule has 0 aliphatic rings. The van der Waals surface area contributed by atoms with Crippen LogP contribution in [0.4, 0.5) is 0 Å². The molecule has 0 atom stereocenters. The highest BCUT2D eigenvalue weighted by molar-refractivity contribution is 4.45. The number of hydroxylamine groups is 2. The molecule has 0 aliphatic heterocycles. The van der Waals surface area contributed by atoms with E-state index >= 15 is 0 Å². The van der Waals surface area contributed by atoms with E-state index in [-0.39, 0.29) is 0 Å². The Bertz CT molecular complexity index is 104. The summed E-state index contributed by atoms with van der Waals surface area (Å²) >= 11 is 0. The quantitative estimate of drug-likeness (QED) is 0.395. The van der Waals surface area contributed by atoms with E-state index in [1.807, 2.05) is 14.1 Å². The van der Waals surface area contributed by atoms with Crippen LogP contribution in [-0.2, 0) is 4.84 Å². The van der Waals surface area contributed by atoms with Gasteiger partial charge in [0.05, 0.1) is 6.61 Å². The van der Waals surface area contributed by atoms with E-state index in [9.17, 15) is 0 Å². The third kappa shape index (κ3) is 11.9. The third-order valence-electron chi connectivity index (χ3n) is 2.35. The Balaban J connectivity index is 2.85. The lowest BCUT2D eigenvalue weighted by Gasteiger charge is -2.09. The maximum Gasteiger partial charge on any atom is 0.0684 e. The van der Waals surface area contributed by atoms with Crippen molar-refractivity contribution in [3.05, 3.63) is 0 Å². The van der Waals surface area contributed by atoms with Gasteiger partial charge in [0.15, 0.2) is 0 Å². The number of hydrogen-bond donors (Lipinski definition) is 0. The zero-order chi connectivity index (χ0) is 10.6. The van der Waals surface area contributed by atoms with Gasteiger partial charge in [0.2, 0.25) is 0 Å². The number of nitrogens with zero attached hydrogens (tertiary/aromatic N) is 1. The lowest BCUT2D eigenvalue weighted by atomic mass is 10.1. The van der Waals surface area contributed by atoms with Crippen LogP contribution in [0.2, 0.25) is 0 Å². The first-order valence-corrected chi connectivity index (χ1v) is 6.07. The van der Waals surface area contributed by atoms with Crippen LogP contribution >= 0.6 is 0 Å². The Morgan fingerprint density at radius 2 is 1.29 bits per heavy atom. The first-order chi connectivity index (χ1) is 6.77. The van der Waals surface area contributed by atoms with Crippen LogP contribution in [0.5, 0.6) is 0 Å². The first kappa shape index (κ1) is 13.9. The number of unbranched alkanes of at least 4 members (excludes halogenated alkanes) is 7. The molecular weight excluding hydrogens is 174 g/mol. The fraction of sp³-hybridized carbons (Fsp3) is 1.00. The molecule has 0 aromatic heterocycles. The highest BCUT2D eigenvalue weighted by atomic mass is 16.7. The Kier molecular flexibility index (Phi) is 10.9. The van der Waals surface area contributed by atoms with E-state index in [2.05, 4.69) is 6.92 Å². The summed E-state index contributed by atoms with van der Waals surface area (Å²) < 4.78 is 0. The molecule has 0 aliphatic carbocycles. The van der Waals surface area contributed by atoms with Gasteiger partial charge < -0.3 is 0 Å². The van der Waals surface area contributed by atoms with Crippen LogP contribution in [0.1, 0.15) is 58.3 Å². The predicted molar refractivity (Wildman–Crippen MR) is 62.2 cm³/mol. The molecule has 0 aromatic carbocycles. The summed E-state index contributed by atoms with van der Waals surface area (Å²) in [5.74, 6) is 0. The molecule has 0 bridgehead atoms. The second kappa shape index (κ2) is 11.0. The van der Waals surface area contributed by atoms with Crippen molar-refractivity contribution in [1.82, 2.24) is 5.06 Å². The van der Waals surface area contributed by atoms with E-state index in [0.29, 0.717) is 0 Å². The van der Waals surface area contributed by atoms with Crippen LogP contribution in [-0.4, -0.2) is 25.8 Å². The Morgan fingerprint density at radius 3 is 1.79 bits per heavy atom. The molecule has 0 unspecified atom stereocenters. The van der Waals surface area contributed by atoms with Crippen LogP contribution in [0.3, 0.4) is 0 Å². The van der Waals surface area contributed by atoms with Crippen molar-refractivity contribution in [2.75, 3.05) is 20.7 Å². The van der Waals surface area contributed by atoms with Crippen molar-refractivity contribution >= 4 is 0 Å². The minimum absolute atomic E-state index is 0.877. The number of hydrogen-bond acceptors (Lipinski definition) is 2. The summed E-state index contributed by atoms with van der Waals surface area (Å²) in [6, 6.07) is 0. The maximum atomic E-state index is 5.32. The van der Waals surface area contributed by atoms with Gasteiger partial charge in [0.1, 0.15) is 0 Å². The monoisotopic (exact) mass is 201 g/mol. The zero-order valence-corrected chi connectivity index (χ0v) is 10.2. The van der Waals surface area contributed by atoms with E-state index in [4.69, 9.17) is 4.84 Å². The van der Waals surface area contributed by atoms with Gasteiger partial charge in [-0.3, -0.25) is 4.84 Å². The molecule has 0 heterocycles. The summed E-state index contributed by atoms with van der Waals surface area (Å²) in [6.07, 6.45) is 10.9. The average molecular weight is 201 g/mol. The van der Waals surface area contributed by atoms with E-state index in [0.717, 1.165) is 6.61 Å². The van der Waals surface area contributed by atoms with Gasteiger partial charge in [-0.2, -0.15) is 5.06 Å². The van der Waals surface area contributed by atoms with Gasteiger partial charge in [0.25, 0.3) is 0 Å². The van der Waals surface area contributed by atoms with E-state index in [1.165, 1.54) is 51.4 Å². The van der Waals surface area contributed by atoms with Crippen molar-refractivity contribution in [3.63, 3.8) is 0 Å². The summed E-state index contributed by atoms with van der Waals surface area (Å²) in [5, 5.41) is 1.78. The van der Waals surface area contributed by atoms with Crippen molar-refractivity contribution in [3.8, 4) is 0 Å². The largest absolute Gasteiger partial charge is 0.300 e. The van der Waals surface area contributed by atoms with Gasteiger partial charge in [0, 0.05) is 14.1 Å². The second-order valence-corrected chi connectivity index (χ2v) is 4.12. The van der Waals surface area contributed by atoms with Crippen molar-refractivity contribution < 1.29 is 4.84 Å². The van der Waals surface area contributed by atoms with E-state index < -0.39 is 0 Å². The molecule has 0 radical (unpaired) electrons. The van der Waals surface area contributed by atoms with E-state index in [1.54, 1.807) is 5.06 Å². The van der Waals surface area contributed by atoms with Gasteiger partial charge in [-0.15, -0.1) is 0 Å². The standard InChI is InChI=1S/C12H27NO/c1-4-5-6-7-8-9-10-11-12-14-13(2)3/h4-12H2,1-3H3. The molecule has 0 saturated carbocycles. The molecule has 0 aromatic rings. The van der Waals surface area contributed by atoms with Crippen LogP contribution in [0.25, 0.3) is 0 Å². The maximum absolute atomic E-state index is 5.32. The van der Waals surface area contributed by atoms with Crippen molar-refractivity contribution in [2.45, 2.75) is 58.3 Å². The fourth-order valence-corrected chi connectivity index (χ4v) is 1.48. The lowest BCUT2D eigenvalue weighted by molar-refractivity contribution is -0.120. The van der Waals surface area contributed by atoms with Gasteiger partial charge >= 0.3 is 0 Å². The fourth-order valence-electron chi connectivity index (χ4n) is 1.48. The SMILES string of the molecule is CCCCCCCCCCON(C)C. The molecule has 86 valence electrons. The highest BCUT2D eigenvalue weighted by Gasteiger charge is 1.92. The van der Waals surface area contributed by atoms with Crippen LogP contribution in [0, 0.1) is 0 Å². The highest BCUT2D eigenvalue weighted by Crippen LogP contribution is 2.08. The molecule has 0 N–H and O–H groups in total. The summed E-state index contributed by atoms with van der Waals surface area (Å²) in [5.41, 5.74) is 0. The van der Waals surface area contributed by atoms with Crippen molar-refractivity contribution in [2.24, 2.45) is 0 Å². The van der Waals surface area contributed by atoms with Gasteiger partial charge in [-0.1, -0.05) is 51.9 Å². The summed E-state index contributed by atoms with van der Waals surface area (Å²) in [7, 11) is 3.87. The molecule has 2 heteroatoms. The average Bonchev–Trinajstić information content (AvgIpc) is 2.15. The molecule has 0 amide bonds. The molecule has 0 saturated heterocycles. The molecule has 14 heavy (non-hydrogen) atoms. The molecule has 2 nitrogen and oxygen atoms in total. The predicted octanol–water partition coefficient (Wildman–Crippen LogP) is 3.62.